The third kappa shape index (κ3) is 4.58. The van der Waals surface area contributed by atoms with Crippen LogP contribution in [-0.2, 0) is 12.8 Å². The molecule has 0 atom stereocenters. The Morgan fingerprint density at radius 2 is 1.82 bits per heavy atom. The Morgan fingerprint density at radius 1 is 1.07 bits per heavy atom. The number of benzene rings is 2. The SMILES string of the molecule is O=[N+]([O-])c1cc(-c2cccc(OCc3cccc(C(F)(F)F)c3)c2)cnc1Cl. The van der Waals surface area contributed by atoms with Crippen molar-refractivity contribution >= 4 is 17.3 Å². The zero-order valence-electron chi connectivity index (χ0n) is 14.1. The number of hydrogen-bond acceptors (Lipinski definition) is 4. The molecule has 0 amide bonds. The van der Waals surface area contributed by atoms with Crippen molar-refractivity contribution in [3.8, 4) is 16.9 Å². The van der Waals surface area contributed by atoms with E-state index in [9.17, 15) is 23.3 Å². The van der Waals surface area contributed by atoms with Gasteiger partial charge < -0.3 is 4.74 Å². The first kappa shape index (κ1) is 19.6. The molecule has 3 rings (SSSR count). The van der Waals surface area contributed by atoms with E-state index in [-0.39, 0.29) is 17.4 Å². The van der Waals surface area contributed by atoms with Gasteiger partial charge in [0.1, 0.15) is 12.4 Å². The highest BCUT2D eigenvalue weighted by molar-refractivity contribution is 6.31. The van der Waals surface area contributed by atoms with Crippen LogP contribution in [0.5, 0.6) is 5.75 Å². The Balaban J connectivity index is 1.79. The van der Waals surface area contributed by atoms with Crippen molar-refractivity contribution in [2.75, 3.05) is 0 Å². The fourth-order valence-corrected chi connectivity index (χ4v) is 2.66. The van der Waals surface area contributed by atoms with Crippen molar-refractivity contribution in [3.63, 3.8) is 0 Å². The van der Waals surface area contributed by atoms with Gasteiger partial charge in [-0.15, -0.1) is 0 Å². The Morgan fingerprint density at radius 3 is 2.54 bits per heavy atom. The Kier molecular flexibility index (Phi) is 5.51. The number of rotatable bonds is 5. The molecule has 5 nitrogen and oxygen atoms in total. The maximum Gasteiger partial charge on any atom is 0.416 e. The van der Waals surface area contributed by atoms with Gasteiger partial charge in [0, 0.05) is 17.8 Å². The average molecular weight is 409 g/mol. The lowest BCUT2D eigenvalue weighted by atomic mass is 10.1. The predicted octanol–water partition coefficient (Wildman–Crippen LogP) is 5.91. The van der Waals surface area contributed by atoms with Crippen LogP contribution in [0.15, 0.2) is 60.8 Å². The summed E-state index contributed by atoms with van der Waals surface area (Å²) >= 11 is 5.71. The molecule has 0 saturated heterocycles. The van der Waals surface area contributed by atoms with Crippen LogP contribution in [0.1, 0.15) is 11.1 Å². The zero-order valence-corrected chi connectivity index (χ0v) is 14.9. The fraction of sp³-hybridized carbons (Fsp3) is 0.105. The minimum Gasteiger partial charge on any atom is -0.489 e. The molecule has 0 aliphatic carbocycles. The highest BCUT2D eigenvalue weighted by Crippen LogP contribution is 2.31. The second-order valence-electron chi connectivity index (χ2n) is 5.81. The summed E-state index contributed by atoms with van der Waals surface area (Å²) in [5.41, 5.74) is 0.342. The van der Waals surface area contributed by atoms with Gasteiger partial charge in [0.05, 0.1) is 10.5 Å². The first-order valence-corrected chi connectivity index (χ1v) is 8.31. The van der Waals surface area contributed by atoms with E-state index in [1.807, 2.05) is 0 Å². The van der Waals surface area contributed by atoms with Gasteiger partial charge in [0.2, 0.25) is 5.15 Å². The Hall–Kier alpha value is -3.13. The lowest BCUT2D eigenvalue weighted by Gasteiger charge is -2.11. The van der Waals surface area contributed by atoms with E-state index < -0.39 is 16.7 Å². The Labute approximate surface area is 162 Å². The van der Waals surface area contributed by atoms with E-state index in [0.717, 1.165) is 12.1 Å². The van der Waals surface area contributed by atoms with E-state index in [1.165, 1.54) is 24.4 Å². The van der Waals surface area contributed by atoms with Crippen LogP contribution in [0.25, 0.3) is 11.1 Å². The van der Waals surface area contributed by atoms with Crippen molar-refractivity contribution in [3.05, 3.63) is 87.2 Å². The minimum absolute atomic E-state index is 0.0631. The van der Waals surface area contributed by atoms with Crippen molar-refractivity contribution in [2.24, 2.45) is 0 Å². The van der Waals surface area contributed by atoms with Gasteiger partial charge in [-0.1, -0.05) is 35.9 Å². The van der Waals surface area contributed by atoms with E-state index in [4.69, 9.17) is 16.3 Å². The second-order valence-corrected chi connectivity index (χ2v) is 6.16. The van der Waals surface area contributed by atoms with E-state index >= 15 is 0 Å². The summed E-state index contributed by atoms with van der Waals surface area (Å²) in [4.78, 5) is 14.2. The molecule has 9 heteroatoms. The summed E-state index contributed by atoms with van der Waals surface area (Å²) in [7, 11) is 0. The lowest BCUT2D eigenvalue weighted by molar-refractivity contribution is -0.385. The molecule has 0 unspecified atom stereocenters. The first-order valence-electron chi connectivity index (χ1n) is 7.93. The predicted molar refractivity (Wildman–Crippen MR) is 97.1 cm³/mol. The summed E-state index contributed by atoms with van der Waals surface area (Å²) in [6.07, 6.45) is -3.03. The number of aromatic nitrogens is 1. The smallest absolute Gasteiger partial charge is 0.416 e. The molecule has 3 aromatic rings. The highest BCUT2D eigenvalue weighted by Gasteiger charge is 2.30. The number of nitrogens with zero attached hydrogens (tertiary/aromatic N) is 2. The largest absolute Gasteiger partial charge is 0.489 e. The van der Waals surface area contributed by atoms with Crippen LogP contribution in [0.4, 0.5) is 18.9 Å². The number of halogens is 4. The third-order valence-electron chi connectivity index (χ3n) is 3.84. The number of ether oxygens (including phenoxy) is 1. The van der Waals surface area contributed by atoms with Gasteiger partial charge in [-0.2, -0.15) is 13.2 Å². The third-order valence-corrected chi connectivity index (χ3v) is 4.14. The molecule has 0 N–H and O–H groups in total. The second kappa shape index (κ2) is 7.85. The zero-order chi connectivity index (χ0) is 20.3. The summed E-state index contributed by atoms with van der Waals surface area (Å²) < 4.78 is 43.9. The lowest BCUT2D eigenvalue weighted by Crippen LogP contribution is -2.06. The first-order chi connectivity index (χ1) is 13.2. The average Bonchev–Trinajstić information content (AvgIpc) is 2.66. The van der Waals surface area contributed by atoms with Crippen molar-refractivity contribution < 1.29 is 22.8 Å². The maximum absolute atomic E-state index is 12.8. The van der Waals surface area contributed by atoms with Crippen molar-refractivity contribution in [1.82, 2.24) is 4.98 Å². The standard InChI is InChI=1S/C19H12ClF3N2O3/c20-18-17(25(26)27)9-14(10-24-18)13-4-2-6-16(8-13)28-11-12-3-1-5-15(7-12)19(21,22)23/h1-10H,11H2. The van der Waals surface area contributed by atoms with Crippen LogP contribution < -0.4 is 4.74 Å². The molecule has 0 fully saturated rings. The van der Waals surface area contributed by atoms with Gasteiger partial charge in [0.15, 0.2) is 0 Å². The number of alkyl halides is 3. The van der Waals surface area contributed by atoms with E-state index in [2.05, 4.69) is 4.98 Å². The van der Waals surface area contributed by atoms with Gasteiger partial charge in [-0.3, -0.25) is 10.1 Å². The molecule has 28 heavy (non-hydrogen) atoms. The molecule has 0 radical (unpaired) electrons. The van der Waals surface area contributed by atoms with Crippen molar-refractivity contribution in [1.29, 1.82) is 0 Å². The van der Waals surface area contributed by atoms with Gasteiger partial charge in [0.25, 0.3) is 0 Å². The maximum atomic E-state index is 12.8. The molecular formula is C19H12ClF3N2O3. The quantitative estimate of drug-likeness (QED) is 0.299. The summed E-state index contributed by atoms with van der Waals surface area (Å²) in [5.74, 6) is 0.396. The molecular weight excluding hydrogens is 397 g/mol. The highest BCUT2D eigenvalue weighted by atomic mass is 35.5. The molecule has 0 aliphatic heterocycles. The molecule has 1 aromatic heterocycles. The van der Waals surface area contributed by atoms with E-state index in [1.54, 1.807) is 24.3 Å². The van der Waals surface area contributed by atoms with Crippen molar-refractivity contribution in [2.45, 2.75) is 12.8 Å². The monoisotopic (exact) mass is 408 g/mol. The summed E-state index contributed by atoms with van der Waals surface area (Å²) in [5, 5.41) is 10.8. The summed E-state index contributed by atoms with van der Waals surface area (Å²) in [6.45, 7) is -0.0631. The summed E-state index contributed by atoms with van der Waals surface area (Å²) in [6, 6.07) is 12.8. The molecule has 0 spiro atoms. The van der Waals surface area contributed by atoms with Gasteiger partial charge >= 0.3 is 11.9 Å². The van der Waals surface area contributed by atoms with Crippen LogP contribution >= 0.6 is 11.6 Å². The molecule has 0 aliphatic rings. The minimum atomic E-state index is -4.42. The number of nitro groups is 1. The van der Waals surface area contributed by atoms with Crippen LogP contribution in [0, 0.1) is 10.1 Å². The van der Waals surface area contributed by atoms with E-state index in [0.29, 0.717) is 22.4 Å². The van der Waals surface area contributed by atoms with Crippen LogP contribution in [0.3, 0.4) is 0 Å². The fourth-order valence-electron chi connectivity index (χ4n) is 2.49. The molecule has 144 valence electrons. The Bertz CT molecular complexity index is 1030. The molecule has 2 aromatic carbocycles. The van der Waals surface area contributed by atoms with Gasteiger partial charge in [-0.05, 0) is 35.4 Å². The number of hydrogen-bond donors (Lipinski definition) is 0. The van der Waals surface area contributed by atoms with Gasteiger partial charge in [-0.25, -0.2) is 4.98 Å². The topological polar surface area (TPSA) is 65.3 Å². The van der Waals surface area contributed by atoms with Crippen LogP contribution in [0.2, 0.25) is 5.15 Å². The normalized spacial score (nSPS) is 11.3. The molecule has 0 saturated carbocycles. The molecule has 1 heterocycles. The number of pyridine rings is 1. The molecule has 0 bridgehead atoms. The van der Waals surface area contributed by atoms with Crippen LogP contribution in [-0.4, -0.2) is 9.91 Å².